The molecule has 0 radical (unpaired) electrons. The van der Waals surface area contributed by atoms with Gasteiger partial charge in [-0.15, -0.1) is 0 Å². The van der Waals surface area contributed by atoms with E-state index < -0.39 is 17.6 Å². The SMILES string of the molecule is O=C(NCCCc1ncn[nH]1)c1cccc(C(F)(F)F)c1. The average Bonchev–Trinajstić information content (AvgIpc) is 2.96. The monoisotopic (exact) mass is 298 g/mol. The summed E-state index contributed by atoms with van der Waals surface area (Å²) in [5.41, 5.74) is -0.846. The summed E-state index contributed by atoms with van der Waals surface area (Å²) in [6.45, 7) is 0.343. The van der Waals surface area contributed by atoms with Crippen molar-refractivity contribution in [3.63, 3.8) is 0 Å². The second-order valence-corrected chi connectivity index (χ2v) is 4.37. The zero-order valence-electron chi connectivity index (χ0n) is 10.9. The van der Waals surface area contributed by atoms with Crippen LogP contribution in [-0.2, 0) is 12.6 Å². The van der Waals surface area contributed by atoms with Crippen molar-refractivity contribution in [2.75, 3.05) is 6.54 Å². The van der Waals surface area contributed by atoms with Gasteiger partial charge in [0, 0.05) is 18.5 Å². The molecule has 0 saturated heterocycles. The van der Waals surface area contributed by atoms with Crippen LogP contribution in [0.5, 0.6) is 0 Å². The quantitative estimate of drug-likeness (QED) is 0.831. The highest BCUT2D eigenvalue weighted by Gasteiger charge is 2.30. The topological polar surface area (TPSA) is 70.7 Å². The fraction of sp³-hybridized carbons (Fsp3) is 0.308. The molecule has 1 aromatic carbocycles. The zero-order chi connectivity index (χ0) is 15.3. The van der Waals surface area contributed by atoms with Gasteiger partial charge in [-0.05, 0) is 24.6 Å². The van der Waals surface area contributed by atoms with E-state index in [1.54, 1.807) is 0 Å². The van der Waals surface area contributed by atoms with Crippen molar-refractivity contribution < 1.29 is 18.0 Å². The Balaban J connectivity index is 1.85. The third-order valence-electron chi connectivity index (χ3n) is 2.79. The van der Waals surface area contributed by atoms with Crippen molar-refractivity contribution in [2.45, 2.75) is 19.0 Å². The van der Waals surface area contributed by atoms with Crippen molar-refractivity contribution in [3.05, 3.63) is 47.5 Å². The van der Waals surface area contributed by atoms with Crippen LogP contribution in [-0.4, -0.2) is 27.6 Å². The van der Waals surface area contributed by atoms with E-state index >= 15 is 0 Å². The summed E-state index contributed by atoms with van der Waals surface area (Å²) in [5, 5.41) is 8.94. The second kappa shape index (κ2) is 6.38. The van der Waals surface area contributed by atoms with Crippen molar-refractivity contribution >= 4 is 5.91 Å². The lowest BCUT2D eigenvalue weighted by Gasteiger charge is -2.09. The van der Waals surface area contributed by atoms with Gasteiger partial charge in [0.1, 0.15) is 12.2 Å². The Labute approximate surface area is 118 Å². The van der Waals surface area contributed by atoms with Crippen LogP contribution in [0.4, 0.5) is 13.2 Å². The molecule has 0 bridgehead atoms. The number of carbonyl (C=O) groups excluding carboxylic acids is 1. The van der Waals surface area contributed by atoms with Crippen LogP contribution in [0.1, 0.15) is 28.2 Å². The highest BCUT2D eigenvalue weighted by molar-refractivity contribution is 5.94. The Morgan fingerprint density at radius 2 is 2.14 bits per heavy atom. The fourth-order valence-electron chi connectivity index (χ4n) is 1.75. The highest BCUT2D eigenvalue weighted by atomic mass is 19.4. The maximum Gasteiger partial charge on any atom is 0.416 e. The number of rotatable bonds is 5. The van der Waals surface area contributed by atoms with E-state index in [9.17, 15) is 18.0 Å². The third kappa shape index (κ3) is 4.30. The van der Waals surface area contributed by atoms with E-state index in [1.807, 2.05) is 0 Å². The molecule has 0 atom stereocenters. The van der Waals surface area contributed by atoms with Gasteiger partial charge in [0.15, 0.2) is 0 Å². The third-order valence-corrected chi connectivity index (χ3v) is 2.79. The minimum Gasteiger partial charge on any atom is -0.352 e. The Hall–Kier alpha value is -2.38. The van der Waals surface area contributed by atoms with Gasteiger partial charge in [0.25, 0.3) is 5.91 Å². The minimum atomic E-state index is -4.46. The predicted molar refractivity (Wildman–Crippen MR) is 68.5 cm³/mol. The number of benzene rings is 1. The number of halogens is 3. The van der Waals surface area contributed by atoms with E-state index in [4.69, 9.17) is 0 Å². The van der Waals surface area contributed by atoms with Gasteiger partial charge in [0.2, 0.25) is 0 Å². The van der Waals surface area contributed by atoms with Crippen LogP contribution in [0.25, 0.3) is 0 Å². The lowest BCUT2D eigenvalue weighted by molar-refractivity contribution is -0.137. The van der Waals surface area contributed by atoms with E-state index in [1.165, 1.54) is 18.5 Å². The van der Waals surface area contributed by atoms with Crippen molar-refractivity contribution in [1.82, 2.24) is 20.5 Å². The first-order chi connectivity index (χ1) is 9.97. The van der Waals surface area contributed by atoms with Crippen LogP contribution in [0.2, 0.25) is 0 Å². The summed E-state index contributed by atoms with van der Waals surface area (Å²) in [7, 11) is 0. The number of alkyl halides is 3. The maximum absolute atomic E-state index is 12.5. The zero-order valence-corrected chi connectivity index (χ0v) is 10.9. The van der Waals surface area contributed by atoms with Crippen LogP contribution >= 0.6 is 0 Å². The first-order valence-corrected chi connectivity index (χ1v) is 6.26. The number of aromatic amines is 1. The molecule has 0 saturated carbocycles. The highest BCUT2D eigenvalue weighted by Crippen LogP contribution is 2.29. The van der Waals surface area contributed by atoms with Crippen LogP contribution in [0.3, 0.4) is 0 Å². The number of amides is 1. The number of hydrogen-bond donors (Lipinski definition) is 2. The van der Waals surface area contributed by atoms with Crippen LogP contribution < -0.4 is 5.32 Å². The molecular weight excluding hydrogens is 285 g/mol. The van der Waals surface area contributed by atoms with Crippen molar-refractivity contribution in [1.29, 1.82) is 0 Å². The van der Waals surface area contributed by atoms with Gasteiger partial charge < -0.3 is 5.32 Å². The number of nitrogens with zero attached hydrogens (tertiary/aromatic N) is 2. The lowest BCUT2D eigenvalue weighted by atomic mass is 10.1. The molecule has 0 fully saturated rings. The van der Waals surface area contributed by atoms with Crippen LogP contribution in [0.15, 0.2) is 30.6 Å². The molecule has 0 aliphatic carbocycles. The Morgan fingerprint density at radius 1 is 1.33 bits per heavy atom. The summed E-state index contributed by atoms with van der Waals surface area (Å²) in [6, 6.07) is 4.33. The lowest BCUT2D eigenvalue weighted by Crippen LogP contribution is -2.25. The maximum atomic E-state index is 12.5. The largest absolute Gasteiger partial charge is 0.416 e. The minimum absolute atomic E-state index is 0.00973. The number of aromatic nitrogens is 3. The number of hydrogen-bond acceptors (Lipinski definition) is 3. The van der Waals surface area contributed by atoms with Gasteiger partial charge in [-0.2, -0.15) is 18.3 Å². The molecule has 8 heteroatoms. The summed E-state index contributed by atoms with van der Waals surface area (Å²) < 4.78 is 37.6. The Morgan fingerprint density at radius 3 is 2.81 bits per heavy atom. The van der Waals surface area contributed by atoms with E-state index in [2.05, 4.69) is 20.5 Å². The molecule has 2 rings (SSSR count). The van der Waals surface area contributed by atoms with Gasteiger partial charge in [-0.3, -0.25) is 9.89 Å². The smallest absolute Gasteiger partial charge is 0.352 e. The number of H-pyrrole nitrogens is 1. The normalized spacial score (nSPS) is 11.4. The molecule has 2 aromatic rings. The van der Waals surface area contributed by atoms with Gasteiger partial charge in [0.05, 0.1) is 5.56 Å². The van der Waals surface area contributed by atoms with E-state index in [0.29, 0.717) is 25.2 Å². The fourth-order valence-corrected chi connectivity index (χ4v) is 1.75. The van der Waals surface area contributed by atoms with Gasteiger partial charge in [-0.1, -0.05) is 6.07 Å². The molecular formula is C13H13F3N4O. The first kappa shape index (κ1) is 15.0. The number of aryl methyl sites for hydroxylation is 1. The van der Waals surface area contributed by atoms with E-state index in [-0.39, 0.29) is 5.56 Å². The predicted octanol–water partition coefficient (Wildman–Crippen LogP) is 2.19. The first-order valence-electron chi connectivity index (χ1n) is 6.26. The molecule has 0 aliphatic heterocycles. The molecule has 1 amide bonds. The summed E-state index contributed by atoms with van der Waals surface area (Å²) in [5.74, 6) is 0.169. The summed E-state index contributed by atoms with van der Waals surface area (Å²) in [4.78, 5) is 15.7. The molecule has 1 heterocycles. The standard InChI is InChI=1S/C13H13F3N4O/c14-13(15,16)10-4-1-3-9(7-10)12(21)17-6-2-5-11-18-8-19-20-11/h1,3-4,7-8H,2,5-6H2,(H,17,21)(H,18,19,20). The molecule has 0 unspecified atom stereocenters. The molecule has 1 aromatic heterocycles. The Kier molecular flexibility index (Phi) is 4.56. The number of carbonyl (C=O) groups is 1. The molecule has 5 nitrogen and oxygen atoms in total. The van der Waals surface area contributed by atoms with Crippen molar-refractivity contribution in [3.8, 4) is 0 Å². The summed E-state index contributed by atoms with van der Waals surface area (Å²) >= 11 is 0. The van der Waals surface area contributed by atoms with E-state index in [0.717, 1.165) is 12.1 Å². The van der Waals surface area contributed by atoms with Crippen LogP contribution in [0, 0.1) is 0 Å². The number of nitrogens with one attached hydrogen (secondary N) is 2. The molecule has 112 valence electrons. The average molecular weight is 298 g/mol. The van der Waals surface area contributed by atoms with Gasteiger partial charge >= 0.3 is 6.18 Å². The summed E-state index contributed by atoms with van der Waals surface area (Å²) in [6.07, 6.45) is -1.86. The second-order valence-electron chi connectivity index (χ2n) is 4.37. The molecule has 2 N–H and O–H groups in total. The molecule has 0 aliphatic rings. The van der Waals surface area contributed by atoms with Crippen molar-refractivity contribution in [2.24, 2.45) is 0 Å². The van der Waals surface area contributed by atoms with Gasteiger partial charge in [-0.25, -0.2) is 4.98 Å². The molecule has 21 heavy (non-hydrogen) atoms. The Bertz CT molecular complexity index is 596. The molecule has 0 spiro atoms.